The minimum atomic E-state index is -0.643. The Bertz CT molecular complexity index is 788. The molecule has 1 heterocycles. The molecule has 1 amide bonds. The molecule has 144 valence electrons. The number of para-hydroxylation sites is 1. The maximum absolute atomic E-state index is 13.2. The lowest BCUT2D eigenvalue weighted by atomic mass is 9.93. The number of carbonyl (C=O) groups is 1. The summed E-state index contributed by atoms with van der Waals surface area (Å²) >= 11 is 0. The van der Waals surface area contributed by atoms with Crippen LogP contribution in [0.3, 0.4) is 0 Å². The van der Waals surface area contributed by atoms with Gasteiger partial charge in [0.1, 0.15) is 11.4 Å². The van der Waals surface area contributed by atoms with Gasteiger partial charge in [-0.15, -0.1) is 0 Å². The van der Waals surface area contributed by atoms with Crippen molar-refractivity contribution in [2.45, 2.75) is 39.0 Å². The molecule has 3 rings (SSSR count). The Morgan fingerprint density at radius 1 is 1.11 bits per heavy atom. The van der Waals surface area contributed by atoms with Gasteiger partial charge < -0.3 is 19.7 Å². The molecule has 2 aromatic rings. The van der Waals surface area contributed by atoms with Gasteiger partial charge in [-0.1, -0.05) is 24.3 Å². The van der Waals surface area contributed by atoms with Crippen molar-refractivity contribution in [2.75, 3.05) is 25.6 Å². The lowest BCUT2D eigenvalue weighted by Gasteiger charge is -2.47. The molecule has 1 aliphatic rings. The fourth-order valence-electron chi connectivity index (χ4n) is 3.51. The van der Waals surface area contributed by atoms with E-state index in [1.807, 2.05) is 74.2 Å². The molecule has 0 spiro atoms. The number of methoxy groups -OCH3 is 1. The van der Waals surface area contributed by atoms with Crippen LogP contribution in [0.2, 0.25) is 0 Å². The molecule has 0 aliphatic carbocycles. The third-order valence-electron chi connectivity index (χ3n) is 4.84. The number of fused-ring (bicyclic) bond motifs is 1. The van der Waals surface area contributed by atoms with Crippen molar-refractivity contribution in [2.24, 2.45) is 0 Å². The molecule has 1 N–H and O–H groups in total. The fourth-order valence-corrected chi connectivity index (χ4v) is 3.51. The summed E-state index contributed by atoms with van der Waals surface area (Å²) < 4.78 is 10.9. The maximum Gasteiger partial charge on any atom is 0.258 e. The van der Waals surface area contributed by atoms with E-state index in [0.717, 1.165) is 23.4 Å². The predicted molar refractivity (Wildman–Crippen MR) is 107 cm³/mol. The number of nitrogens with zero attached hydrogens (tertiary/aromatic N) is 1. The summed E-state index contributed by atoms with van der Waals surface area (Å²) in [6.07, 6.45) is 0.897. The molecular formula is C22H28N2O3. The average molecular weight is 368 g/mol. The Labute approximate surface area is 161 Å². The highest BCUT2D eigenvalue weighted by Crippen LogP contribution is 2.38. The van der Waals surface area contributed by atoms with Gasteiger partial charge in [-0.25, -0.2) is 0 Å². The SMILES string of the molecule is COCCCN1C(=O)c2ccccc2NC1(C)c1ccc(OC(C)C)cc1. The number of ether oxygens (including phenoxy) is 2. The summed E-state index contributed by atoms with van der Waals surface area (Å²) in [5.41, 5.74) is 1.93. The predicted octanol–water partition coefficient (Wildman–Crippen LogP) is 4.25. The fraction of sp³-hybridized carbons (Fsp3) is 0.409. The molecule has 0 fully saturated rings. The molecule has 2 aromatic carbocycles. The van der Waals surface area contributed by atoms with E-state index in [0.29, 0.717) is 18.7 Å². The summed E-state index contributed by atoms with van der Waals surface area (Å²) in [7, 11) is 1.68. The van der Waals surface area contributed by atoms with Crippen molar-refractivity contribution < 1.29 is 14.3 Å². The number of carbonyl (C=O) groups excluding carboxylic acids is 1. The van der Waals surface area contributed by atoms with Crippen molar-refractivity contribution in [3.63, 3.8) is 0 Å². The van der Waals surface area contributed by atoms with Crippen LogP contribution >= 0.6 is 0 Å². The van der Waals surface area contributed by atoms with Gasteiger partial charge in [0.05, 0.1) is 11.7 Å². The van der Waals surface area contributed by atoms with E-state index in [1.165, 1.54) is 0 Å². The van der Waals surface area contributed by atoms with E-state index >= 15 is 0 Å². The largest absolute Gasteiger partial charge is 0.491 e. The third-order valence-corrected chi connectivity index (χ3v) is 4.84. The van der Waals surface area contributed by atoms with E-state index in [1.54, 1.807) is 7.11 Å². The van der Waals surface area contributed by atoms with E-state index < -0.39 is 5.66 Å². The first-order valence-electron chi connectivity index (χ1n) is 9.41. The summed E-state index contributed by atoms with van der Waals surface area (Å²) in [6.45, 7) is 7.28. The average Bonchev–Trinajstić information content (AvgIpc) is 2.64. The van der Waals surface area contributed by atoms with Gasteiger partial charge in [-0.3, -0.25) is 4.79 Å². The third kappa shape index (κ3) is 3.93. The molecular weight excluding hydrogens is 340 g/mol. The molecule has 1 aliphatic heterocycles. The maximum atomic E-state index is 13.2. The minimum absolute atomic E-state index is 0.0328. The highest BCUT2D eigenvalue weighted by Gasteiger charge is 2.42. The van der Waals surface area contributed by atoms with Gasteiger partial charge in [0.25, 0.3) is 5.91 Å². The smallest absolute Gasteiger partial charge is 0.258 e. The van der Waals surface area contributed by atoms with Crippen molar-refractivity contribution in [1.82, 2.24) is 4.90 Å². The van der Waals surface area contributed by atoms with E-state index in [-0.39, 0.29) is 12.0 Å². The van der Waals surface area contributed by atoms with Gasteiger partial charge in [-0.2, -0.15) is 0 Å². The first-order chi connectivity index (χ1) is 13.0. The highest BCUT2D eigenvalue weighted by molar-refractivity contribution is 6.02. The van der Waals surface area contributed by atoms with E-state index in [9.17, 15) is 4.79 Å². The number of hydrogen-bond donors (Lipinski definition) is 1. The number of amides is 1. The van der Waals surface area contributed by atoms with Gasteiger partial charge >= 0.3 is 0 Å². The van der Waals surface area contributed by atoms with Crippen LogP contribution in [-0.4, -0.2) is 37.2 Å². The second kappa shape index (κ2) is 8.01. The van der Waals surface area contributed by atoms with Crippen LogP contribution in [0.4, 0.5) is 5.69 Å². The molecule has 0 radical (unpaired) electrons. The second-order valence-electron chi connectivity index (χ2n) is 7.24. The van der Waals surface area contributed by atoms with E-state index in [4.69, 9.17) is 9.47 Å². The first-order valence-corrected chi connectivity index (χ1v) is 9.41. The summed E-state index contributed by atoms with van der Waals surface area (Å²) in [5, 5.41) is 3.58. The topological polar surface area (TPSA) is 50.8 Å². The Kier molecular flexibility index (Phi) is 5.71. The number of anilines is 1. The lowest BCUT2D eigenvalue weighted by Crippen LogP contribution is -2.56. The minimum Gasteiger partial charge on any atom is -0.491 e. The van der Waals surface area contributed by atoms with Crippen LogP contribution in [0.15, 0.2) is 48.5 Å². The standard InChI is InChI=1S/C22H28N2O3/c1-16(2)27-18-12-10-17(11-13-18)22(3)23-20-9-6-5-8-19(20)21(25)24(22)14-7-15-26-4/h5-6,8-13,16,23H,7,14-15H2,1-4H3. The number of nitrogens with one attached hydrogen (secondary N) is 1. The van der Waals surface area contributed by atoms with Crippen LogP contribution < -0.4 is 10.1 Å². The van der Waals surface area contributed by atoms with E-state index in [2.05, 4.69) is 5.32 Å². The molecule has 0 saturated carbocycles. The van der Waals surface area contributed by atoms with Gasteiger partial charge in [0, 0.05) is 25.9 Å². The zero-order chi connectivity index (χ0) is 19.4. The number of rotatable bonds is 7. The second-order valence-corrected chi connectivity index (χ2v) is 7.24. The monoisotopic (exact) mass is 368 g/mol. The Morgan fingerprint density at radius 2 is 1.81 bits per heavy atom. The zero-order valence-corrected chi connectivity index (χ0v) is 16.5. The molecule has 0 aromatic heterocycles. The Balaban J connectivity index is 1.96. The molecule has 27 heavy (non-hydrogen) atoms. The number of hydrogen-bond acceptors (Lipinski definition) is 4. The first kappa shape index (κ1) is 19.2. The van der Waals surface area contributed by atoms with Crippen molar-refractivity contribution >= 4 is 11.6 Å². The van der Waals surface area contributed by atoms with Crippen LogP contribution in [0.5, 0.6) is 5.75 Å². The van der Waals surface area contributed by atoms with Crippen molar-refractivity contribution in [1.29, 1.82) is 0 Å². The molecule has 0 saturated heterocycles. The molecule has 5 heteroatoms. The normalized spacial score (nSPS) is 19.0. The van der Waals surface area contributed by atoms with Gasteiger partial charge in [-0.05, 0) is 57.0 Å². The van der Waals surface area contributed by atoms with Crippen molar-refractivity contribution in [3.8, 4) is 5.75 Å². The molecule has 1 unspecified atom stereocenters. The molecule has 1 atom stereocenters. The molecule has 0 bridgehead atoms. The zero-order valence-electron chi connectivity index (χ0n) is 16.5. The summed E-state index contributed by atoms with van der Waals surface area (Å²) in [4.78, 5) is 15.1. The molecule has 5 nitrogen and oxygen atoms in total. The summed E-state index contributed by atoms with van der Waals surface area (Å²) in [6, 6.07) is 15.6. The Morgan fingerprint density at radius 3 is 2.48 bits per heavy atom. The quantitative estimate of drug-likeness (QED) is 0.742. The highest BCUT2D eigenvalue weighted by atomic mass is 16.5. The Hall–Kier alpha value is -2.53. The summed E-state index contributed by atoms with van der Waals surface area (Å²) in [5.74, 6) is 0.858. The number of benzene rings is 2. The van der Waals surface area contributed by atoms with Crippen molar-refractivity contribution in [3.05, 3.63) is 59.7 Å². The van der Waals surface area contributed by atoms with Crippen LogP contribution in [0, 0.1) is 0 Å². The lowest BCUT2D eigenvalue weighted by molar-refractivity contribution is 0.0504. The van der Waals surface area contributed by atoms with Gasteiger partial charge in [0.2, 0.25) is 0 Å². The van der Waals surface area contributed by atoms with Crippen LogP contribution in [-0.2, 0) is 10.4 Å². The van der Waals surface area contributed by atoms with Crippen LogP contribution in [0.25, 0.3) is 0 Å². The van der Waals surface area contributed by atoms with Gasteiger partial charge in [0.15, 0.2) is 0 Å². The van der Waals surface area contributed by atoms with Crippen LogP contribution in [0.1, 0.15) is 43.1 Å².